The first-order valence-corrected chi connectivity index (χ1v) is 6.40. The van der Waals surface area contributed by atoms with Crippen molar-refractivity contribution in [1.82, 2.24) is 0 Å². The highest BCUT2D eigenvalue weighted by molar-refractivity contribution is 5.47. The third-order valence-corrected chi connectivity index (χ3v) is 3.92. The molecule has 2 nitrogen and oxygen atoms in total. The molecule has 0 radical (unpaired) electrons. The van der Waals surface area contributed by atoms with Gasteiger partial charge in [0.05, 0.1) is 7.11 Å². The molecule has 2 aromatic carbocycles. The van der Waals surface area contributed by atoms with Crippen molar-refractivity contribution in [2.45, 2.75) is 18.4 Å². The number of hydrogen-bond donors (Lipinski definition) is 1. The van der Waals surface area contributed by atoms with Crippen LogP contribution in [0.2, 0.25) is 0 Å². The average Bonchev–Trinajstić information content (AvgIpc) is 2.79. The molecule has 104 valence electrons. The Bertz CT molecular complexity index is 670. The highest BCUT2D eigenvalue weighted by Crippen LogP contribution is 2.44. The van der Waals surface area contributed by atoms with Crippen molar-refractivity contribution in [3.8, 4) is 5.75 Å². The van der Waals surface area contributed by atoms with Gasteiger partial charge in [0.25, 0.3) is 0 Å². The van der Waals surface area contributed by atoms with Crippen LogP contribution in [0.15, 0.2) is 36.4 Å². The summed E-state index contributed by atoms with van der Waals surface area (Å²) in [5.41, 5.74) is -0.414. The van der Waals surface area contributed by atoms with Gasteiger partial charge in [-0.2, -0.15) is 0 Å². The maximum absolute atomic E-state index is 14.2. The van der Waals surface area contributed by atoms with Gasteiger partial charge in [-0.15, -0.1) is 0 Å². The van der Waals surface area contributed by atoms with Crippen LogP contribution in [0.5, 0.6) is 5.75 Å². The molecule has 1 atom stereocenters. The van der Waals surface area contributed by atoms with Crippen LogP contribution < -0.4 is 4.74 Å². The quantitative estimate of drug-likeness (QED) is 0.913. The van der Waals surface area contributed by atoms with E-state index in [0.29, 0.717) is 23.3 Å². The number of benzene rings is 2. The molecule has 1 N–H and O–H groups in total. The highest BCUT2D eigenvalue weighted by atomic mass is 19.1. The Kier molecular flexibility index (Phi) is 2.98. The number of halogens is 2. The first kappa shape index (κ1) is 13.1. The molecule has 0 aliphatic heterocycles. The van der Waals surface area contributed by atoms with Crippen LogP contribution in [0.4, 0.5) is 8.78 Å². The molecule has 0 bridgehead atoms. The molecule has 3 rings (SSSR count). The van der Waals surface area contributed by atoms with E-state index in [4.69, 9.17) is 4.74 Å². The number of aliphatic hydroxyl groups is 1. The van der Waals surface area contributed by atoms with E-state index in [0.717, 1.165) is 0 Å². The van der Waals surface area contributed by atoms with Crippen molar-refractivity contribution in [2.24, 2.45) is 0 Å². The largest absolute Gasteiger partial charge is 0.497 e. The van der Waals surface area contributed by atoms with Gasteiger partial charge >= 0.3 is 0 Å². The lowest BCUT2D eigenvalue weighted by Gasteiger charge is -2.25. The third-order valence-electron chi connectivity index (χ3n) is 3.92. The van der Waals surface area contributed by atoms with Gasteiger partial charge in [-0.3, -0.25) is 0 Å². The molecule has 0 saturated carbocycles. The van der Waals surface area contributed by atoms with Crippen LogP contribution in [-0.4, -0.2) is 12.2 Å². The summed E-state index contributed by atoms with van der Waals surface area (Å²) in [7, 11) is 1.45. The summed E-state index contributed by atoms with van der Waals surface area (Å²) in [6.07, 6.45) is 0.663. The Morgan fingerprint density at radius 1 is 1.10 bits per heavy atom. The van der Waals surface area contributed by atoms with E-state index in [1.165, 1.54) is 31.4 Å². The molecule has 0 aromatic heterocycles. The number of fused-ring (bicyclic) bond motifs is 1. The summed E-state index contributed by atoms with van der Waals surface area (Å²) in [5.74, 6) is -0.524. The van der Waals surface area contributed by atoms with Crippen molar-refractivity contribution in [2.75, 3.05) is 7.11 Å². The minimum Gasteiger partial charge on any atom is -0.497 e. The van der Waals surface area contributed by atoms with Gasteiger partial charge in [0.15, 0.2) is 0 Å². The molecule has 0 spiro atoms. The zero-order valence-corrected chi connectivity index (χ0v) is 11.0. The SMILES string of the molecule is COc1ccc(C2(O)CCc3c(F)cccc32)c(F)c1. The first-order chi connectivity index (χ1) is 9.56. The Hall–Kier alpha value is -1.94. The second kappa shape index (κ2) is 4.56. The molecule has 0 fully saturated rings. The molecule has 20 heavy (non-hydrogen) atoms. The van der Waals surface area contributed by atoms with E-state index >= 15 is 0 Å². The van der Waals surface area contributed by atoms with Crippen LogP contribution >= 0.6 is 0 Å². The summed E-state index contributed by atoms with van der Waals surface area (Å²) in [6.45, 7) is 0. The number of ether oxygens (including phenoxy) is 1. The van der Waals surface area contributed by atoms with E-state index in [1.54, 1.807) is 12.1 Å². The van der Waals surface area contributed by atoms with Gasteiger partial charge in [0, 0.05) is 11.6 Å². The van der Waals surface area contributed by atoms with Crippen molar-refractivity contribution in [3.63, 3.8) is 0 Å². The molecule has 0 heterocycles. The molecular weight excluding hydrogens is 262 g/mol. The summed E-state index contributed by atoms with van der Waals surface area (Å²) < 4.78 is 32.9. The van der Waals surface area contributed by atoms with Gasteiger partial charge < -0.3 is 9.84 Å². The number of methoxy groups -OCH3 is 1. The lowest BCUT2D eigenvalue weighted by atomic mass is 9.87. The zero-order chi connectivity index (χ0) is 14.3. The van der Waals surface area contributed by atoms with Gasteiger partial charge in [-0.25, -0.2) is 8.78 Å². The van der Waals surface area contributed by atoms with E-state index in [9.17, 15) is 13.9 Å². The van der Waals surface area contributed by atoms with Crippen LogP contribution in [0.1, 0.15) is 23.1 Å². The van der Waals surface area contributed by atoms with Gasteiger partial charge in [0.2, 0.25) is 0 Å². The molecule has 1 aliphatic rings. The Morgan fingerprint density at radius 3 is 2.60 bits per heavy atom. The summed E-state index contributed by atoms with van der Waals surface area (Å²) >= 11 is 0. The van der Waals surface area contributed by atoms with E-state index in [2.05, 4.69) is 0 Å². The van der Waals surface area contributed by atoms with E-state index in [-0.39, 0.29) is 17.8 Å². The number of hydrogen-bond acceptors (Lipinski definition) is 2. The fourth-order valence-corrected chi connectivity index (χ4v) is 2.88. The van der Waals surface area contributed by atoms with Crippen molar-refractivity contribution in [3.05, 3.63) is 64.7 Å². The minimum atomic E-state index is -1.48. The zero-order valence-electron chi connectivity index (χ0n) is 11.0. The number of rotatable bonds is 2. The fourth-order valence-electron chi connectivity index (χ4n) is 2.88. The second-order valence-corrected chi connectivity index (χ2v) is 4.97. The average molecular weight is 276 g/mol. The molecule has 0 amide bonds. The normalized spacial score (nSPS) is 20.8. The Balaban J connectivity index is 2.14. The first-order valence-electron chi connectivity index (χ1n) is 6.40. The van der Waals surface area contributed by atoms with Crippen LogP contribution in [0.3, 0.4) is 0 Å². The topological polar surface area (TPSA) is 29.5 Å². The highest BCUT2D eigenvalue weighted by Gasteiger charge is 2.41. The molecule has 1 unspecified atom stereocenters. The molecule has 2 aromatic rings. The minimum absolute atomic E-state index is 0.155. The Morgan fingerprint density at radius 2 is 1.90 bits per heavy atom. The summed E-state index contributed by atoms with van der Waals surface area (Å²) in [5, 5.41) is 10.8. The van der Waals surface area contributed by atoms with Gasteiger partial charge in [-0.1, -0.05) is 12.1 Å². The van der Waals surface area contributed by atoms with Crippen LogP contribution in [0, 0.1) is 11.6 Å². The maximum atomic E-state index is 14.2. The van der Waals surface area contributed by atoms with E-state index < -0.39 is 11.4 Å². The smallest absolute Gasteiger partial charge is 0.133 e. The molecule has 0 saturated heterocycles. The summed E-state index contributed by atoms with van der Waals surface area (Å²) in [4.78, 5) is 0. The third kappa shape index (κ3) is 1.79. The van der Waals surface area contributed by atoms with Gasteiger partial charge in [0.1, 0.15) is 23.0 Å². The molecule has 1 aliphatic carbocycles. The lowest BCUT2D eigenvalue weighted by Crippen LogP contribution is -2.25. The van der Waals surface area contributed by atoms with Crippen molar-refractivity contribution < 1.29 is 18.6 Å². The van der Waals surface area contributed by atoms with Crippen LogP contribution in [0.25, 0.3) is 0 Å². The fraction of sp³-hybridized carbons (Fsp3) is 0.250. The Labute approximate surface area is 115 Å². The second-order valence-electron chi connectivity index (χ2n) is 4.97. The van der Waals surface area contributed by atoms with Gasteiger partial charge in [-0.05, 0) is 42.2 Å². The van der Waals surface area contributed by atoms with Crippen molar-refractivity contribution in [1.29, 1.82) is 0 Å². The predicted octanol–water partition coefficient (Wildman–Crippen LogP) is 3.16. The monoisotopic (exact) mass is 276 g/mol. The van der Waals surface area contributed by atoms with Crippen LogP contribution in [-0.2, 0) is 12.0 Å². The predicted molar refractivity (Wildman–Crippen MR) is 70.7 cm³/mol. The molecular formula is C16H14F2O2. The van der Waals surface area contributed by atoms with Crippen molar-refractivity contribution >= 4 is 0 Å². The van der Waals surface area contributed by atoms with E-state index in [1.807, 2.05) is 0 Å². The molecule has 4 heteroatoms. The summed E-state index contributed by atoms with van der Waals surface area (Å²) in [6, 6.07) is 8.85. The standard InChI is InChI=1S/C16H14F2O2/c1-20-10-5-6-13(15(18)9-10)16(19)8-7-11-12(16)3-2-4-14(11)17/h2-6,9,19H,7-8H2,1H3. The lowest BCUT2D eigenvalue weighted by molar-refractivity contribution is 0.0788. The maximum Gasteiger partial charge on any atom is 0.133 e.